The second kappa shape index (κ2) is 5.07. The van der Waals surface area contributed by atoms with Crippen LogP contribution in [0.15, 0.2) is 12.1 Å². The molecular formula is C13H20ClNS. The lowest BCUT2D eigenvalue weighted by Gasteiger charge is -2.36. The van der Waals surface area contributed by atoms with Crippen LogP contribution in [0, 0.1) is 5.92 Å². The van der Waals surface area contributed by atoms with Crippen LogP contribution < -0.4 is 5.73 Å². The molecule has 0 unspecified atom stereocenters. The summed E-state index contributed by atoms with van der Waals surface area (Å²) in [6.45, 7) is 2.27. The van der Waals surface area contributed by atoms with Crippen LogP contribution in [-0.4, -0.2) is 0 Å². The minimum atomic E-state index is -0.0952. The van der Waals surface area contributed by atoms with E-state index >= 15 is 0 Å². The van der Waals surface area contributed by atoms with Crippen LogP contribution >= 0.6 is 22.9 Å². The molecule has 90 valence electrons. The molecule has 3 heteroatoms. The van der Waals surface area contributed by atoms with E-state index in [1.165, 1.54) is 30.6 Å². The summed E-state index contributed by atoms with van der Waals surface area (Å²) >= 11 is 7.63. The first-order chi connectivity index (χ1) is 7.64. The van der Waals surface area contributed by atoms with Gasteiger partial charge in [0, 0.05) is 4.88 Å². The van der Waals surface area contributed by atoms with Crippen molar-refractivity contribution < 1.29 is 0 Å². The van der Waals surface area contributed by atoms with Crippen molar-refractivity contribution in [2.45, 2.75) is 51.0 Å². The number of halogens is 1. The Morgan fingerprint density at radius 1 is 1.44 bits per heavy atom. The van der Waals surface area contributed by atoms with Crippen molar-refractivity contribution in [2.24, 2.45) is 11.7 Å². The predicted molar refractivity (Wildman–Crippen MR) is 72.1 cm³/mol. The zero-order valence-electron chi connectivity index (χ0n) is 9.84. The van der Waals surface area contributed by atoms with E-state index in [1.807, 2.05) is 6.07 Å². The van der Waals surface area contributed by atoms with E-state index < -0.39 is 0 Å². The Bertz CT molecular complexity index is 339. The largest absolute Gasteiger partial charge is 0.321 e. The first-order valence-corrected chi connectivity index (χ1v) is 7.38. The maximum atomic E-state index is 6.50. The molecule has 1 fully saturated rings. The quantitative estimate of drug-likeness (QED) is 0.845. The van der Waals surface area contributed by atoms with Crippen molar-refractivity contribution >= 4 is 22.9 Å². The molecular weight excluding hydrogens is 238 g/mol. The monoisotopic (exact) mass is 257 g/mol. The molecule has 1 aliphatic rings. The average Bonchev–Trinajstić information content (AvgIpc) is 2.70. The highest BCUT2D eigenvalue weighted by atomic mass is 35.5. The van der Waals surface area contributed by atoms with Crippen molar-refractivity contribution in [1.82, 2.24) is 0 Å². The summed E-state index contributed by atoms with van der Waals surface area (Å²) in [5, 5.41) is 0. The first kappa shape index (κ1) is 12.4. The summed E-state index contributed by atoms with van der Waals surface area (Å²) in [5.74, 6) is 0.900. The van der Waals surface area contributed by atoms with Gasteiger partial charge in [0.1, 0.15) is 0 Å². The van der Waals surface area contributed by atoms with Crippen LogP contribution in [0.25, 0.3) is 0 Å². The Balaban J connectivity index is 2.01. The number of hydrogen-bond acceptors (Lipinski definition) is 2. The molecule has 1 nitrogen and oxygen atoms in total. The molecule has 0 bridgehead atoms. The van der Waals surface area contributed by atoms with Gasteiger partial charge in [-0.05, 0) is 43.7 Å². The molecule has 16 heavy (non-hydrogen) atoms. The normalized spacial score (nSPS) is 30.6. The third kappa shape index (κ3) is 2.61. The molecule has 0 aromatic carbocycles. The summed E-state index contributed by atoms with van der Waals surface area (Å²) < 4.78 is 0.857. The molecule has 1 saturated carbocycles. The molecule has 1 aromatic rings. The van der Waals surface area contributed by atoms with Crippen molar-refractivity contribution in [1.29, 1.82) is 0 Å². The maximum absolute atomic E-state index is 6.50. The van der Waals surface area contributed by atoms with Crippen LogP contribution in [0.5, 0.6) is 0 Å². The van der Waals surface area contributed by atoms with E-state index in [4.69, 9.17) is 17.3 Å². The van der Waals surface area contributed by atoms with Crippen LogP contribution in [0.4, 0.5) is 0 Å². The van der Waals surface area contributed by atoms with E-state index in [1.54, 1.807) is 11.3 Å². The van der Waals surface area contributed by atoms with E-state index in [2.05, 4.69) is 13.0 Å². The Hall–Kier alpha value is -0.0500. The summed E-state index contributed by atoms with van der Waals surface area (Å²) in [7, 11) is 0. The van der Waals surface area contributed by atoms with E-state index in [-0.39, 0.29) is 5.54 Å². The second-order valence-electron chi connectivity index (χ2n) is 4.99. The van der Waals surface area contributed by atoms with Gasteiger partial charge in [-0.1, -0.05) is 31.4 Å². The molecule has 0 spiro atoms. The minimum absolute atomic E-state index is 0.0952. The fraction of sp³-hybridized carbons (Fsp3) is 0.692. The number of nitrogens with two attached hydrogens (primary N) is 1. The average molecular weight is 258 g/mol. The van der Waals surface area contributed by atoms with Gasteiger partial charge in [-0.25, -0.2) is 0 Å². The van der Waals surface area contributed by atoms with Crippen LogP contribution in [-0.2, 0) is 5.54 Å². The zero-order chi connectivity index (χ0) is 11.6. The zero-order valence-corrected chi connectivity index (χ0v) is 11.4. The number of thiophene rings is 1. The van der Waals surface area contributed by atoms with Gasteiger partial charge in [0.05, 0.1) is 9.88 Å². The Morgan fingerprint density at radius 2 is 2.12 bits per heavy atom. The standard InChI is InChI=1S/C13H20ClNS/c1-2-3-10-6-8-13(15,9-7-10)11-4-5-12(14)16-11/h4-5,10H,2-3,6-9,15H2,1H3. The van der Waals surface area contributed by atoms with E-state index in [0.717, 1.165) is 23.1 Å². The molecule has 1 heterocycles. The lowest BCUT2D eigenvalue weighted by molar-refractivity contribution is 0.229. The molecule has 0 aliphatic heterocycles. The summed E-state index contributed by atoms with van der Waals surface area (Å²) in [6.07, 6.45) is 7.46. The molecule has 1 aliphatic carbocycles. The molecule has 0 atom stereocenters. The van der Waals surface area contributed by atoms with Gasteiger partial charge in [0.25, 0.3) is 0 Å². The highest BCUT2D eigenvalue weighted by Crippen LogP contribution is 2.42. The molecule has 2 rings (SSSR count). The lowest BCUT2D eigenvalue weighted by Crippen LogP contribution is -2.39. The molecule has 0 saturated heterocycles. The van der Waals surface area contributed by atoms with Crippen LogP contribution in [0.1, 0.15) is 50.3 Å². The molecule has 2 N–H and O–H groups in total. The predicted octanol–water partition coefficient (Wildman–Crippen LogP) is 4.55. The molecule has 0 radical (unpaired) electrons. The van der Waals surface area contributed by atoms with E-state index in [0.29, 0.717) is 0 Å². The summed E-state index contributed by atoms with van der Waals surface area (Å²) in [6, 6.07) is 4.07. The van der Waals surface area contributed by atoms with Crippen LogP contribution in [0.3, 0.4) is 0 Å². The van der Waals surface area contributed by atoms with Gasteiger partial charge in [-0.2, -0.15) is 0 Å². The second-order valence-corrected chi connectivity index (χ2v) is 6.71. The molecule has 0 amide bonds. The van der Waals surface area contributed by atoms with E-state index in [9.17, 15) is 0 Å². The SMILES string of the molecule is CCCC1CCC(N)(c2ccc(Cl)s2)CC1. The fourth-order valence-electron chi connectivity index (χ4n) is 2.72. The van der Waals surface area contributed by atoms with Crippen molar-refractivity contribution in [2.75, 3.05) is 0 Å². The van der Waals surface area contributed by atoms with Gasteiger partial charge in [0.15, 0.2) is 0 Å². The highest BCUT2D eigenvalue weighted by molar-refractivity contribution is 7.16. The first-order valence-electron chi connectivity index (χ1n) is 6.19. The third-order valence-corrected chi connectivity index (χ3v) is 5.21. The van der Waals surface area contributed by atoms with Crippen molar-refractivity contribution in [3.05, 3.63) is 21.3 Å². The topological polar surface area (TPSA) is 26.0 Å². The van der Waals surface area contributed by atoms with Crippen LogP contribution in [0.2, 0.25) is 4.34 Å². The Morgan fingerprint density at radius 3 is 2.62 bits per heavy atom. The summed E-state index contributed by atoms with van der Waals surface area (Å²) in [5.41, 5.74) is 6.41. The smallest absolute Gasteiger partial charge is 0.0931 e. The van der Waals surface area contributed by atoms with Gasteiger partial charge < -0.3 is 5.73 Å². The van der Waals surface area contributed by atoms with Gasteiger partial charge >= 0.3 is 0 Å². The fourth-order valence-corrected chi connectivity index (χ4v) is 3.92. The van der Waals surface area contributed by atoms with Gasteiger partial charge in [-0.15, -0.1) is 11.3 Å². The lowest BCUT2D eigenvalue weighted by atomic mass is 9.75. The highest BCUT2D eigenvalue weighted by Gasteiger charge is 2.33. The molecule has 1 aromatic heterocycles. The number of rotatable bonds is 3. The van der Waals surface area contributed by atoms with Crippen molar-refractivity contribution in [3.63, 3.8) is 0 Å². The van der Waals surface area contributed by atoms with Crippen molar-refractivity contribution in [3.8, 4) is 0 Å². The Labute approximate surface area is 107 Å². The Kier molecular flexibility index (Phi) is 3.93. The minimum Gasteiger partial charge on any atom is -0.321 e. The van der Waals surface area contributed by atoms with Gasteiger partial charge in [-0.3, -0.25) is 0 Å². The number of hydrogen-bond donors (Lipinski definition) is 1. The maximum Gasteiger partial charge on any atom is 0.0931 e. The van der Waals surface area contributed by atoms with Gasteiger partial charge in [0.2, 0.25) is 0 Å². The summed E-state index contributed by atoms with van der Waals surface area (Å²) in [4.78, 5) is 1.27. The third-order valence-electron chi connectivity index (χ3n) is 3.76.